The number of fused-ring (bicyclic) bond motifs is 2. The molecule has 0 saturated carbocycles. The molecule has 26 heavy (non-hydrogen) atoms. The highest BCUT2D eigenvalue weighted by atomic mass is 35.5. The lowest BCUT2D eigenvalue weighted by Gasteiger charge is -2.07. The molecule has 1 aromatic heterocycles. The van der Waals surface area contributed by atoms with E-state index in [9.17, 15) is 0 Å². The van der Waals surface area contributed by atoms with Crippen LogP contribution in [-0.2, 0) is 6.42 Å². The fourth-order valence-corrected chi connectivity index (χ4v) is 5.45. The molecule has 0 fully saturated rings. The Balaban J connectivity index is 0.00000196. The maximum absolute atomic E-state index is 6.14. The van der Waals surface area contributed by atoms with Crippen LogP contribution in [-0.4, -0.2) is 21.9 Å². The van der Waals surface area contributed by atoms with E-state index in [1.165, 1.54) is 4.70 Å². The summed E-state index contributed by atoms with van der Waals surface area (Å²) < 4.78 is 2.17. The fourth-order valence-electron chi connectivity index (χ4n) is 2.80. The van der Waals surface area contributed by atoms with Crippen molar-refractivity contribution in [2.45, 2.75) is 16.0 Å². The van der Waals surface area contributed by atoms with Crippen molar-refractivity contribution in [3.8, 4) is 0 Å². The van der Waals surface area contributed by atoms with E-state index in [1.54, 1.807) is 23.1 Å². The van der Waals surface area contributed by atoms with E-state index in [-0.39, 0.29) is 23.6 Å². The van der Waals surface area contributed by atoms with Gasteiger partial charge in [0.25, 0.3) is 0 Å². The molecule has 2 aromatic carbocycles. The highest BCUT2D eigenvalue weighted by Gasteiger charge is 2.30. The SMILES string of the molecule is Cl.NC(N)=N/N=C1\c2ccc(Cl)cc2CC1Sc1nc2ccccc2s1. The molecule has 1 unspecified atom stereocenters. The van der Waals surface area contributed by atoms with Gasteiger partial charge in [-0.15, -0.1) is 28.8 Å². The summed E-state index contributed by atoms with van der Waals surface area (Å²) in [6, 6.07) is 13.9. The van der Waals surface area contributed by atoms with Gasteiger partial charge in [0.1, 0.15) is 0 Å². The minimum absolute atomic E-state index is 0. The number of hydrogen-bond acceptors (Lipinski definition) is 5. The Morgan fingerprint density at radius 2 is 2.04 bits per heavy atom. The molecule has 1 aliphatic carbocycles. The molecule has 1 aliphatic rings. The van der Waals surface area contributed by atoms with E-state index in [1.807, 2.05) is 36.4 Å². The predicted octanol–water partition coefficient (Wildman–Crippen LogP) is 4.07. The number of benzene rings is 2. The molecule has 4 N–H and O–H groups in total. The third-order valence-electron chi connectivity index (χ3n) is 3.84. The number of nitrogens with zero attached hydrogens (tertiary/aromatic N) is 3. The van der Waals surface area contributed by atoms with Gasteiger partial charge in [-0.2, -0.15) is 5.10 Å². The minimum Gasteiger partial charge on any atom is -0.369 e. The summed E-state index contributed by atoms with van der Waals surface area (Å²) in [5.41, 5.74) is 14.9. The molecule has 1 atom stereocenters. The lowest BCUT2D eigenvalue weighted by atomic mass is 10.1. The van der Waals surface area contributed by atoms with Crippen LogP contribution in [0, 0.1) is 0 Å². The van der Waals surface area contributed by atoms with Crippen molar-refractivity contribution in [2.24, 2.45) is 21.7 Å². The number of hydrogen-bond donors (Lipinski definition) is 2. The van der Waals surface area contributed by atoms with Crippen molar-refractivity contribution in [1.29, 1.82) is 0 Å². The molecule has 4 rings (SSSR count). The molecule has 0 bridgehead atoms. The first-order valence-electron chi connectivity index (χ1n) is 7.57. The zero-order chi connectivity index (χ0) is 17.4. The van der Waals surface area contributed by atoms with Gasteiger partial charge in [-0.25, -0.2) is 4.98 Å². The van der Waals surface area contributed by atoms with E-state index >= 15 is 0 Å². The van der Waals surface area contributed by atoms with E-state index in [0.29, 0.717) is 5.02 Å². The smallest absolute Gasteiger partial charge is 0.211 e. The summed E-state index contributed by atoms with van der Waals surface area (Å²) in [5, 5.41) is 8.96. The first-order chi connectivity index (χ1) is 12.1. The molecule has 1 heterocycles. The number of nitrogens with two attached hydrogens (primary N) is 2. The molecular formula is C17H15Cl2N5S2. The Kier molecular flexibility index (Phi) is 5.72. The summed E-state index contributed by atoms with van der Waals surface area (Å²) in [7, 11) is 0. The number of thioether (sulfide) groups is 1. The van der Waals surface area contributed by atoms with Crippen LogP contribution in [0.5, 0.6) is 0 Å². The number of rotatable bonds is 3. The maximum Gasteiger partial charge on any atom is 0.211 e. The normalized spacial score (nSPS) is 17.1. The van der Waals surface area contributed by atoms with Crippen molar-refractivity contribution in [3.63, 3.8) is 0 Å². The van der Waals surface area contributed by atoms with Crippen LogP contribution >= 0.6 is 47.1 Å². The van der Waals surface area contributed by atoms with Crippen molar-refractivity contribution in [1.82, 2.24) is 4.98 Å². The number of para-hydroxylation sites is 1. The lowest BCUT2D eigenvalue weighted by Crippen LogP contribution is -2.22. The zero-order valence-electron chi connectivity index (χ0n) is 13.4. The maximum atomic E-state index is 6.14. The Bertz CT molecular complexity index is 978. The fraction of sp³-hybridized carbons (Fsp3) is 0.118. The predicted molar refractivity (Wildman–Crippen MR) is 114 cm³/mol. The molecule has 134 valence electrons. The zero-order valence-corrected chi connectivity index (χ0v) is 16.6. The Hall–Kier alpha value is -1.80. The van der Waals surface area contributed by atoms with E-state index in [2.05, 4.69) is 16.3 Å². The van der Waals surface area contributed by atoms with Crippen LogP contribution in [0.4, 0.5) is 0 Å². The molecule has 0 aliphatic heterocycles. The second-order valence-corrected chi connectivity index (χ2v) is 8.49. The second-order valence-electron chi connectivity index (χ2n) is 5.57. The van der Waals surface area contributed by atoms with Gasteiger partial charge in [0.15, 0.2) is 4.34 Å². The number of aromatic nitrogens is 1. The molecule has 0 radical (unpaired) electrons. The van der Waals surface area contributed by atoms with Gasteiger partial charge >= 0.3 is 0 Å². The van der Waals surface area contributed by atoms with Gasteiger partial charge in [0, 0.05) is 10.6 Å². The Morgan fingerprint density at radius 1 is 1.23 bits per heavy atom. The van der Waals surface area contributed by atoms with Crippen molar-refractivity contribution < 1.29 is 0 Å². The molecule has 3 aromatic rings. The van der Waals surface area contributed by atoms with Crippen molar-refractivity contribution in [2.75, 3.05) is 0 Å². The summed E-state index contributed by atoms with van der Waals surface area (Å²) >= 11 is 9.50. The van der Waals surface area contributed by atoms with Crippen LogP contribution in [0.25, 0.3) is 10.2 Å². The van der Waals surface area contributed by atoms with Crippen LogP contribution in [0.3, 0.4) is 0 Å². The van der Waals surface area contributed by atoms with Gasteiger partial charge in [-0.3, -0.25) is 0 Å². The van der Waals surface area contributed by atoms with Gasteiger partial charge in [-0.05, 0) is 36.2 Å². The van der Waals surface area contributed by atoms with Gasteiger partial charge in [-0.1, -0.05) is 41.6 Å². The molecular weight excluding hydrogens is 409 g/mol. The minimum atomic E-state index is -0.0568. The summed E-state index contributed by atoms with van der Waals surface area (Å²) in [5.74, 6) is -0.0568. The van der Waals surface area contributed by atoms with E-state index in [0.717, 1.165) is 33.1 Å². The van der Waals surface area contributed by atoms with Gasteiger partial charge < -0.3 is 11.5 Å². The monoisotopic (exact) mass is 423 g/mol. The number of guanidine groups is 1. The molecule has 5 nitrogen and oxygen atoms in total. The summed E-state index contributed by atoms with van der Waals surface area (Å²) in [6.45, 7) is 0. The standard InChI is InChI=1S/C17H14ClN5S2.ClH/c18-10-5-6-11-9(7-10)8-14(15(11)22-23-16(19)20)25-17-21-12-3-1-2-4-13(12)24-17;/h1-7,14H,8H2,(H4,19,20,23);1H/b22-15+;. The van der Waals surface area contributed by atoms with Crippen molar-refractivity contribution in [3.05, 3.63) is 58.6 Å². The topological polar surface area (TPSA) is 89.7 Å². The lowest BCUT2D eigenvalue weighted by molar-refractivity contribution is 1.09. The number of thiazole rings is 1. The average molecular weight is 424 g/mol. The van der Waals surface area contributed by atoms with E-state index in [4.69, 9.17) is 28.1 Å². The van der Waals surface area contributed by atoms with Crippen molar-refractivity contribution >= 4 is 69.0 Å². The highest BCUT2D eigenvalue weighted by Crippen LogP contribution is 2.39. The highest BCUT2D eigenvalue weighted by molar-refractivity contribution is 8.02. The van der Waals surface area contributed by atoms with Gasteiger partial charge in [0.05, 0.1) is 21.2 Å². The second kappa shape index (κ2) is 7.84. The number of halogens is 2. The van der Waals surface area contributed by atoms with Gasteiger partial charge in [0.2, 0.25) is 5.96 Å². The first kappa shape index (κ1) is 19.0. The molecule has 0 saturated heterocycles. The third-order valence-corrected chi connectivity index (χ3v) is 6.42. The quantitative estimate of drug-likeness (QED) is 0.377. The van der Waals surface area contributed by atoms with Crippen LogP contribution in [0.1, 0.15) is 11.1 Å². The molecule has 9 heteroatoms. The summed E-state index contributed by atoms with van der Waals surface area (Å²) in [6.07, 6.45) is 0.815. The largest absolute Gasteiger partial charge is 0.369 e. The summed E-state index contributed by atoms with van der Waals surface area (Å²) in [4.78, 5) is 4.70. The van der Waals surface area contributed by atoms with Crippen LogP contribution < -0.4 is 11.5 Å². The van der Waals surface area contributed by atoms with Crippen LogP contribution in [0.2, 0.25) is 5.02 Å². The third kappa shape index (κ3) is 3.81. The Morgan fingerprint density at radius 3 is 2.81 bits per heavy atom. The molecule has 0 amide bonds. The average Bonchev–Trinajstić information content (AvgIpc) is 3.12. The molecule has 0 spiro atoms. The van der Waals surface area contributed by atoms with Crippen LogP contribution in [0.15, 0.2) is 57.0 Å². The first-order valence-corrected chi connectivity index (χ1v) is 9.65. The Labute approximate surface area is 170 Å². The van der Waals surface area contributed by atoms with E-state index < -0.39 is 0 Å².